The number of nitrogen functional groups attached to an aromatic ring is 1. The first-order chi connectivity index (χ1) is 8.16. The van der Waals surface area contributed by atoms with E-state index in [1.54, 1.807) is 36.4 Å². The molecule has 17 heavy (non-hydrogen) atoms. The molecule has 0 fully saturated rings. The van der Waals surface area contributed by atoms with Crippen molar-refractivity contribution in [2.24, 2.45) is 0 Å². The summed E-state index contributed by atoms with van der Waals surface area (Å²) in [5, 5.41) is 11.9. The average Bonchev–Trinajstić information content (AvgIpc) is 2.29. The Labute approximate surface area is 98.7 Å². The number of carbonyl (C=O) groups excluding carboxylic acids is 1. The van der Waals surface area contributed by atoms with Crippen molar-refractivity contribution in [1.29, 1.82) is 0 Å². The van der Waals surface area contributed by atoms with Crippen molar-refractivity contribution in [2.75, 3.05) is 11.1 Å². The minimum atomic E-state index is -0.297. The second-order valence-electron chi connectivity index (χ2n) is 3.59. The molecule has 2 aromatic rings. The van der Waals surface area contributed by atoms with Crippen molar-refractivity contribution in [1.82, 2.24) is 0 Å². The maximum Gasteiger partial charge on any atom is 0.257 e. The van der Waals surface area contributed by atoms with Crippen LogP contribution in [0.15, 0.2) is 48.5 Å². The normalized spacial score (nSPS) is 9.88. The Kier molecular flexibility index (Phi) is 2.96. The van der Waals surface area contributed by atoms with Crippen LogP contribution >= 0.6 is 0 Å². The zero-order valence-corrected chi connectivity index (χ0v) is 9.05. The lowest BCUT2D eigenvalue weighted by Gasteiger charge is -2.07. The molecule has 0 aliphatic carbocycles. The summed E-state index contributed by atoms with van der Waals surface area (Å²) in [5.41, 5.74) is 7.06. The van der Waals surface area contributed by atoms with Gasteiger partial charge in [0.15, 0.2) is 0 Å². The van der Waals surface area contributed by atoms with Gasteiger partial charge in [0.25, 0.3) is 5.91 Å². The molecule has 0 heterocycles. The molecule has 4 N–H and O–H groups in total. The molecule has 0 aliphatic rings. The molecule has 4 heteroatoms. The van der Waals surface area contributed by atoms with Crippen LogP contribution < -0.4 is 11.1 Å². The summed E-state index contributed by atoms with van der Waals surface area (Å²) in [5.74, 6) is -0.197. The standard InChI is InChI=1S/C13H12N2O2/c14-12-7-2-1-6-11(12)13(17)15-9-4-3-5-10(16)8-9/h1-8,16H,14H2,(H,15,17). The molecule has 0 unspecified atom stereocenters. The first-order valence-corrected chi connectivity index (χ1v) is 5.12. The van der Waals surface area contributed by atoms with Crippen molar-refractivity contribution in [3.8, 4) is 5.75 Å². The second kappa shape index (κ2) is 4.57. The summed E-state index contributed by atoms with van der Waals surface area (Å²) in [7, 11) is 0. The summed E-state index contributed by atoms with van der Waals surface area (Å²) in [4.78, 5) is 11.9. The molecule has 0 radical (unpaired) electrons. The highest BCUT2D eigenvalue weighted by Gasteiger charge is 2.08. The molecule has 2 aromatic carbocycles. The quantitative estimate of drug-likeness (QED) is 0.690. The third kappa shape index (κ3) is 2.55. The van der Waals surface area contributed by atoms with Gasteiger partial charge in [0.1, 0.15) is 5.75 Å². The van der Waals surface area contributed by atoms with Gasteiger partial charge < -0.3 is 16.2 Å². The van der Waals surface area contributed by atoms with Gasteiger partial charge in [-0.25, -0.2) is 0 Å². The fourth-order valence-corrected chi connectivity index (χ4v) is 1.49. The molecular formula is C13H12N2O2. The Hall–Kier alpha value is -2.49. The maximum absolute atomic E-state index is 11.9. The van der Waals surface area contributed by atoms with E-state index in [1.807, 2.05) is 0 Å². The predicted octanol–water partition coefficient (Wildman–Crippen LogP) is 2.23. The van der Waals surface area contributed by atoms with E-state index < -0.39 is 0 Å². The van der Waals surface area contributed by atoms with E-state index in [4.69, 9.17) is 5.73 Å². The number of hydrogen-bond acceptors (Lipinski definition) is 3. The lowest BCUT2D eigenvalue weighted by Crippen LogP contribution is -2.13. The summed E-state index contributed by atoms with van der Waals surface area (Å²) < 4.78 is 0. The number of phenols is 1. The number of nitrogens with one attached hydrogen (secondary N) is 1. The number of aromatic hydroxyl groups is 1. The molecule has 0 aliphatic heterocycles. The average molecular weight is 228 g/mol. The molecule has 0 saturated heterocycles. The topological polar surface area (TPSA) is 75.4 Å². The van der Waals surface area contributed by atoms with Gasteiger partial charge in [-0.15, -0.1) is 0 Å². The molecule has 0 spiro atoms. The third-order valence-electron chi connectivity index (χ3n) is 2.31. The number of para-hydroxylation sites is 1. The van der Waals surface area contributed by atoms with E-state index >= 15 is 0 Å². The molecule has 0 aromatic heterocycles. The highest BCUT2D eigenvalue weighted by atomic mass is 16.3. The lowest BCUT2D eigenvalue weighted by molar-refractivity contribution is 0.102. The number of nitrogens with two attached hydrogens (primary N) is 1. The SMILES string of the molecule is Nc1ccccc1C(=O)Nc1cccc(O)c1. The van der Waals surface area contributed by atoms with Crippen molar-refractivity contribution in [2.45, 2.75) is 0 Å². The van der Waals surface area contributed by atoms with Crippen LogP contribution in [-0.2, 0) is 0 Å². The molecule has 0 bridgehead atoms. The van der Waals surface area contributed by atoms with Gasteiger partial charge in [0.2, 0.25) is 0 Å². The van der Waals surface area contributed by atoms with Crippen LogP contribution in [0.1, 0.15) is 10.4 Å². The third-order valence-corrected chi connectivity index (χ3v) is 2.31. The van der Waals surface area contributed by atoms with Crippen LogP contribution in [0.3, 0.4) is 0 Å². The van der Waals surface area contributed by atoms with E-state index in [1.165, 1.54) is 12.1 Å². The highest BCUT2D eigenvalue weighted by Crippen LogP contribution is 2.18. The maximum atomic E-state index is 11.9. The van der Waals surface area contributed by atoms with Crippen molar-refractivity contribution in [3.05, 3.63) is 54.1 Å². The number of phenolic OH excluding ortho intramolecular Hbond substituents is 1. The zero-order valence-electron chi connectivity index (χ0n) is 9.05. The zero-order chi connectivity index (χ0) is 12.3. The summed E-state index contributed by atoms with van der Waals surface area (Å²) in [6, 6.07) is 13.2. The van der Waals surface area contributed by atoms with E-state index in [-0.39, 0.29) is 11.7 Å². The van der Waals surface area contributed by atoms with E-state index in [9.17, 15) is 9.90 Å². The van der Waals surface area contributed by atoms with Crippen LogP contribution in [0.2, 0.25) is 0 Å². The van der Waals surface area contributed by atoms with Crippen molar-refractivity contribution < 1.29 is 9.90 Å². The van der Waals surface area contributed by atoms with Crippen LogP contribution in [-0.4, -0.2) is 11.0 Å². The minimum Gasteiger partial charge on any atom is -0.508 e. The molecule has 86 valence electrons. The van der Waals surface area contributed by atoms with E-state index in [2.05, 4.69) is 5.32 Å². The number of benzene rings is 2. The highest BCUT2D eigenvalue weighted by molar-refractivity contribution is 6.07. The van der Waals surface area contributed by atoms with Gasteiger partial charge in [-0.2, -0.15) is 0 Å². The van der Waals surface area contributed by atoms with Crippen molar-refractivity contribution >= 4 is 17.3 Å². The van der Waals surface area contributed by atoms with Crippen molar-refractivity contribution in [3.63, 3.8) is 0 Å². The number of carbonyl (C=O) groups is 1. The number of hydrogen-bond donors (Lipinski definition) is 3. The molecule has 4 nitrogen and oxygen atoms in total. The van der Waals surface area contributed by atoms with E-state index in [0.717, 1.165) is 0 Å². The van der Waals surface area contributed by atoms with Gasteiger partial charge in [-0.3, -0.25) is 4.79 Å². The van der Waals surface area contributed by atoms with Gasteiger partial charge in [0, 0.05) is 17.4 Å². The smallest absolute Gasteiger partial charge is 0.257 e. The molecule has 2 rings (SSSR count). The Morgan fingerprint density at radius 3 is 2.59 bits per heavy atom. The van der Waals surface area contributed by atoms with E-state index in [0.29, 0.717) is 16.9 Å². The Morgan fingerprint density at radius 1 is 1.12 bits per heavy atom. The molecule has 1 amide bonds. The van der Waals surface area contributed by atoms with Gasteiger partial charge in [0.05, 0.1) is 5.56 Å². The molecule has 0 atom stereocenters. The summed E-state index contributed by atoms with van der Waals surface area (Å²) in [6.07, 6.45) is 0. The van der Waals surface area contributed by atoms with Crippen LogP contribution in [0, 0.1) is 0 Å². The lowest BCUT2D eigenvalue weighted by atomic mass is 10.1. The molecular weight excluding hydrogens is 216 g/mol. The second-order valence-corrected chi connectivity index (χ2v) is 3.59. The Bertz CT molecular complexity index is 553. The van der Waals surface area contributed by atoms with Gasteiger partial charge in [-0.1, -0.05) is 18.2 Å². The monoisotopic (exact) mass is 228 g/mol. The number of anilines is 2. The fraction of sp³-hybridized carbons (Fsp3) is 0. The largest absolute Gasteiger partial charge is 0.508 e. The first kappa shape index (κ1) is 11.0. The van der Waals surface area contributed by atoms with Gasteiger partial charge >= 0.3 is 0 Å². The van der Waals surface area contributed by atoms with Crippen LogP contribution in [0.25, 0.3) is 0 Å². The van der Waals surface area contributed by atoms with Gasteiger partial charge in [-0.05, 0) is 24.3 Å². The Morgan fingerprint density at radius 2 is 1.88 bits per heavy atom. The number of rotatable bonds is 2. The minimum absolute atomic E-state index is 0.101. The molecule has 0 saturated carbocycles. The predicted molar refractivity (Wildman–Crippen MR) is 66.9 cm³/mol. The summed E-state index contributed by atoms with van der Waals surface area (Å²) in [6.45, 7) is 0. The summed E-state index contributed by atoms with van der Waals surface area (Å²) >= 11 is 0. The number of amides is 1. The Balaban J connectivity index is 2.20. The van der Waals surface area contributed by atoms with Crippen LogP contribution in [0.4, 0.5) is 11.4 Å². The first-order valence-electron chi connectivity index (χ1n) is 5.12. The fourth-order valence-electron chi connectivity index (χ4n) is 1.49. The van der Waals surface area contributed by atoms with Crippen LogP contribution in [0.5, 0.6) is 5.75 Å².